The quantitative estimate of drug-likeness (QED) is 0.837. The van der Waals surface area contributed by atoms with Gasteiger partial charge in [-0.1, -0.05) is 45.0 Å². The van der Waals surface area contributed by atoms with Crippen LogP contribution in [0.15, 0.2) is 24.3 Å². The van der Waals surface area contributed by atoms with E-state index in [-0.39, 0.29) is 0 Å². The summed E-state index contributed by atoms with van der Waals surface area (Å²) in [5, 5.41) is 3.65. The van der Waals surface area contributed by atoms with Gasteiger partial charge in [-0.25, -0.2) is 0 Å². The second-order valence-corrected chi connectivity index (χ2v) is 6.22. The summed E-state index contributed by atoms with van der Waals surface area (Å²) in [5.41, 5.74) is 2.86. The minimum Gasteiger partial charge on any atom is -0.381 e. The van der Waals surface area contributed by atoms with Crippen molar-refractivity contribution >= 4 is 0 Å². The average molecular weight is 275 g/mol. The van der Waals surface area contributed by atoms with Gasteiger partial charge in [0, 0.05) is 19.3 Å². The molecule has 1 aliphatic heterocycles. The number of ether oxygens (including phenoxy) is 1. The zero-order chi connectivity index (χ0) is 14.4. The summed E-state index contributed by atoms with van der Waals surface area (Å²) in [7, 11) is 0. The highest BCUT2D eigenvalue weighted by Gasteiger charge is 2.20. The predicted octanol–water partition coefficient (Wildman–Crippen LogP) is 4.28. The topological polar surface area (TPSA) is 21.3 Å². The minimum absolute atomic E-state index is 0.490. The summed E-state index contributed by atoms with van der Waals surface area (Å²) >= 11 is 0. The number of benzene rings is 1. The second-order valence-electron chi connectivity index (χ2n) is 6.22. The summed E-state index contributed by atoms with van der Waals surface area (Å²) in [6, 6.07) is 9.68. The van der Waals surface area contributed by atoms with Crippen LogP contribution in [0.3, 0.4) is 0 Å². The lowest BCUT2D eigenvalue weighted by molar-refractivity contribution is 0.0606. The van der Waals surface area contributed by atoms with E-state index in [9.17, 15) is 0 Å². The molecule has 2 heteroatoms. The van der Waals surface area contributed by atoms with E-state index in [1.807, 2.05) is 0 Å². The van der Waals surface area contributed by atoms with Gasteiger partial charge in [0.25, 0.3) is 0 Å². The van der Waals surface area contributed by atoms with E-state index < -0.39 is 0 Å². The van der Waals surface area contributed by atoms with Gasteiger partial charge < -0.3 is 10.1 Å². The largest absolute Gasteiger partial charge is 0.381 e. The maximum Gasteiger partial charge on any atom is 0.0468 e. The Morgan fingerprint density at radius 3 is 2.25 bits per heavy atom. The van der Waals surface area contributed by atoms with Crippen LogP contribution >= 0.6 is 0 Å². The number of hydrogen-bond donors (Lipinski definition) is 1. The van der Waals surface area contributed by atoms with Crippen molar-refractivity contribution in [1.82, 2.24) is 5.32 Å². The lowest BCUT2D eigenvalue weighted by Gasteiger charge is -2.27. The summed E-state index contributed by atoms with van der Waals surface area (Å²) in [4.78, 5) is 0. The fourth-order valence-corrected chi connectivity index (χ4v) is 3.01. The fraction of sp³-hybridized carbons (Fsp3) is 0.667. The molecule has 1 unspecified atom stereocenters. The molecule has 20 heavy (non-hydrogen) atoms. The molecule has 0 spiro atoms. The van der Waals surface area contributed by atoms with Crippen LogP contribution in [0.25, 0.3) is 0 Å². The third-order valence-electron chi connectivity index (χ3n) is 4.37. The second kappa shape index (κ2) is 7.80. The first kappa shape index (κ1) is 15.5. The van der Waals surface area contributed by atoms with E-state index in [0.717, 1.165) is 25.7 Å². The van der Waals surface area contributed by atoms with E-state index in [1.165, 1.54) is 30.4 Å². The van der Waals surface area contributed by atoms with Gasteiger partial charge in [-0.15, -0.1) is 0 Å². The molecule has 0 aromatic heterocycles. The third kappa shape index (κ3) is 4.32. The zero-order valence-electron chi connectivity index (χ0n) is 13.2. The molecular weight excluding hydrogens is 246 g/mol. The molecule has 2 rings (SSSR count). The first-order valence-electron chi connectivity index (χ1n) is 8.11. The standard InChI is InChI=1S/C18H29NO/c1-4-19-18(13-15-9-11-20-12-10-15)17-7-5-16(6-8-17)14(2)3/h5-8,14-15,18-19H,4,9-13H2,1-3H3. The molecule has 0 radical (unpaired) electrons. The van der Waals surface area contributed by atoms with Crippen molar-refractivity contribution in [3.05, 3.63) is 35.4 Å². The Kier molecular flexibility index (Phi) is 6.06. The van der Waals surface area contributed by atoms with Crippen LogP contribution < -0.4 is 5.32 Å². The Bertz CT molecular complexity index is 379. The molecule has 1 aromatic rings. The Labute approximate surface area is 123 Å². The summed E-state index contributed by atoms with van der Waals surface area (Å²) < 4.78 is 5.47. The summed E-state index contributed by atoms with van der Waals surface area (Å²) in [6.07, 6.45) is 3.66. The minimum atomic E-state index is 0.490. The average Bonchev–Trinajstić information content (AvgIpc) is 2.48. The lowest BCUT2D eigenvalue weighted by atomic mass is 9.88. The van der Waals surface area contributed by atoms with Crippen molar-refractivity contribution in [2.45, 2.75) is 52.0 Å². The van der Waals surface area contributed by atoms with Gasteiger partial charge in [-0.3, -0.25) is 0 Å². The van der Waals surface area contributed by atoms with Gasteiger partial charge in [0.15, 0.2) is 0 Å². The van der Waals surface area contributed by atoms with Crippen LogP contribution in [0.2, 0.25) is 0 Å². The molecule has 1 saturated heterocycles. The molecule has 1 aromatic carbocycles. The van der Waals surface area contributed by atoms with Crippen LogP contribution in [-0.2, 0) is 4.74 Å². The Morgan fingerprint density at radius 2 is 1.70 bits per heavy atom. The Hall–Kier alpha value is -0.860. The summed E-state index contributed by atoms with van der Waals surface area (Å²) in [5.74, 6) is 1.41. The molecule has 0 saturated carbocycles. The molecule has 0 amide bonds. The molecular formula is C18H29NO. The predicted molar refractivity (Wildman–Crippen MR) is 85.1 cm³/mol. The molecule has 1 fully saturated rings. The molecule has 0 aliphatic carbocycles. The third-order valence-corrected chi connectivity index (χ3v) is 4.37. The van der Waals surface area contributed by atoms with E-state index in [2.05, 4.69) is 50.4 Å². The van der Waals surface area contributed by atoms with E-state index in [0.29, 0.717) is 12.0 Å². The molecule has 1 atom stereocenters. The highest BCUT2D eigenvalue weighted by molar-refractivity contribution is 5.27. The Morgan fingerprint density at radius 1 is 1.10 bits per heavy atom. The Balaban J connectivity index is 2.02. The van der Waals surface area contributed by atoms with Crippen LogP contribution in [0, 0.1) is 5.92 Å². The van der Waals surface area contributed by atoms with Gasteiger partial charge in [-0.2, -0.15) is 0 Å². The van der Waals surface area contributed by atoms with Crippen molar-refractivity contribution in [3.63, 3.8) is 0 Å². The van der Waals surface area contributed by atoms with Gasteiger partial charge in [0.1, 0.15) is 0 Å². The van der Waals surface area contributed by atoms with Crippen molar-refractivity contribution < 1.29 is 4.74 Å². The van der Waals surface area contributed by atoms with Gasteiger partial charge >= 0.3 is 0 Å². The normalized spacial score (nSPS) is 18.4. The molecule has 1 heterocycles. The number of nitrogens with one attached hydrogen (secondary N) is 1. The van der Waals surface area contributed by atoms with Crippen LogP contribution in [0.4, 0.5) is 0 Å². The van der Waals surface area contributed by atoms with Crippen molar-refractivity contribution in [3.8, 4) is 0 Å². The van der Waals surface area contributed by atoms with Gasteiger partial charge in [-0.05, 0) is 48.8 Å². The van der Waals surface area contributed by atoms with Crippen molar-refractivity contribution in [2.75, 3.05) is 19.8 Å². The molecule has 1 aliphatic rings. The van der Waals surface area contributed by atoms with E-state index >= 15 is 0 Å². The van der Waals surface area contributed by atoms with Crippen LogP contribution in [0.5, 0.6) is 0 Å². The van der Waals surface area contributed by atoms with Gasteiger partial charge in [0.05, 0.1) is 0 Å². The first-order chi connectivity index (χ1) is 9.70. The maximum atomic E-state index is 5.47. The van der Waals surface area contributed by atoms with Crippen molar-refractivity contribution in [2.24, 2.45) is 5.92 Å². The fourth-order valence-electron chi connectivity index (χ4n) is 3.01. The molecule has 0 bridgehead atoms. The number of rotatable bonds is 6. The van der Waals surface area contributed by atoms with Crippen molar-refractivity contribution in [1.29, 1.82) is 0 Å². The zero-order valence-corrected chi connectivity index (χ0v) is 13.2. The summed E-state index contributed by atoms with van der Waals surface area (Å²) in [6.45, 7) is 9.60. The lowest BCUT2D eigenvalue weighted by Crippen LogP contribution is -2.26. The molecule has 112 valence electrons. The first-order valence-corrected chi connectivity index (χ1v) is 8.11. The smallest absolute Gasteiger partial charge is 0.0468 e. The maximum absolute atomic E-state index is 5.47. The monoisotopic (exact) mass is 275 g/mol. The highest BCUT2D eigenvalue weighted by Crippen LogP contribution is 2.28. The van der Waals surface area contributed by atoms with E-state index in [1.54, 1.807) is 0 Å². The molecule has 2 nitrogen and oxygen atoms in total. The van der Waals surface area contributed by atoms with Gasteiger partial charge in [0.2, 0.25) is 0 Å². The van der Waals surface area contributed by atoms with Crippen LogP contribution in [0.1, 0.15) is 63.1 Å². The number of hydrogen-bond acceptors (Lipinski definition) is 2. The SMILES string of the molecule is CCNC(CC1CCOCC1)c1ccc(C(C)C)cc1. The van der Waals surface area contributed by atoms with E-state index in [4.69, 9.17) is 4.74 Å². The van der Waals surface area contributed by atoms with Crippen LogP contribution in [-0.4, -0.2) is 19.8 Å². The molecule has 1 N–H and O–H groups in total. The highest BCUT2D eigenvalue weighted by atomic mass is 16.5.